The monoisotopic (exact) mass is 302 g/mol. The topological polar surface area (TPSA) is 32.3 Å². The number of para-hydroxylation sites is 1. The number of hydrogen-bond donors (Lipinski definition) is 1. The van der Waals surface area contributed by atoms with Gasteiger partial charge in [-0.2, -0.15) is 0 Å². The van der Waals surface area contributed by atoms with Crippen LogP contribution in [0.1, 0.15) is 35.4 Å². The molecule has 0 saturated carbocycles. The molecule has 0 aromatic heterocycles. The first-order valence-corrected chi connectivity index (χ1v) is 7.23. The summed E-state index contributed by atoms with van der Waals surface area (Å²) in [5, 5.41) is 3.18. The van der Waals surface area contributed by atoms with Crippen molar-refractivity contribution in [2.45, 2.75) is 19.5 Å². The second kappa shape index (κ2) is 5.75. The van der Waals surface area contributed by atoms with Crippen molar-refractivity contribution in [3.8, 4) is 0 Å². The lowest BCUT2D eigenvalue weighted by Gasteiger charge is -2.38. The Balaban J connectivity index is 2.07. The molecule has 1 amide bonds. The van der Waals surface area contributed by atoms with Crippen molar-refractivity contribution >= 4 is 11.6 Å². The lowest BCUT2D eigenvalue weighted by atomic mass is 10.0. The number of fused-ring (bicyclic) bond motifs is 1. The van der Waals surface area contributed by atoms with Crippen LogP contribution in [0.5, 0.6) is 0 Å². The van der Waals surface area contributed by atoms with Crippen LogP contribution in [0.15, 0.2) is 42.5 Å². The number of amides is 1. The first-order chi connectivity index (χ1) is 10.6. The number of hydrogen-bond acceptors (Lipinski definition) is 2. The Kier molecular flexibility index (Phi) is 3.79. The van der Waals surface area contributed by atoms with Gasteiger partial charge in [-0.25, -0.2) is 8.78 Å². The second-order valence-electron chi connectivity index (χ2n) is 5.26. The Morgan fingerprint density at radius 1 is 1.18 bits per heavy atom. The molecule has 5 heteroatoms. The number of benzene rings is 2. The SMILES string of the molecule is CCCN1C(=O)c2ccccc2NC1c1ccc(F)cc1F. The summed E-state index contributed by atoms with van der Waals surface area (Å²) in [7, 11) is 0. The lowest BCUT2D eigenvalue weighted by molar-refractivity contribution is 0.0680. The van der Waals surface area contributed by atoms with E-state index in [4.69, 9.17) is 0 Å². The van der Waals surface area contributed by atoms with Crippen LogP contribution in [0, 0.1) is 11.6 Å². The molecule has 0 radical (unpaired) electrons. The summed E-state index contributed by atoms with van der Waals surface area (Å²) in [5.74, 6) is -1.44. The van der Waals surface area contributed by atoms with Gasteiger partial charge in [-0.1, -0.05) is 19.1 Å². The van der Waals surface area contributed by atoms with Crippen molar-refractivity contribution in [1.29, 1.82) is 0 Å². The maximum Gasteiger partial charge on any atom is 0.257 e. The molecule has 1 atom stereocenters. The van der Waals surface area contributed by atoms with Crippen molar-refractivity contribution in [1.82, 2.24) is 4.90 Å². The van der Waals surface area contributed by atoms with E-state index in [1.165, 1.54) is 12.1 Å². The number of nitrogens with zero attached hydrogens (tertiary/aromatic N) is 1. The second-order valence-corrected chi connectivity index (χ2v) is 5.26. The van der Waals surface area contributed by atoms with Crippen LogP contribution < -0.4 is 5.32 Å². The molecule has 1 aliphatic heterocycles. The minimum absolute atomic E-state index is 0.148. The van der Waals surface area contributed by atoms with Crippen molar-refractivity contribution < 1.29 is 13.6 Å². The van der Waals surface area contributed by atoms with Gasteiger partial charge in [0.05, 0.1) is 5.56 Å². The maximum atomic E-state index is 14.1. The normalized spacial score (nSPS) is 17.1. The molecule has 3 nitrogen and oxygen atoms in total. The van der Waals surface area contributed by atoms with Crippen LogP contribution >= 0.6 is 0 Å². The number of anilines is 1. The van der Waals surface area contributed by atoms with Gasteiger partial charge in [-0.05, 0) is 30.7 Å². The van der Waals surface area contributed by atoms with E-state index in [-0.39, 0.29) is 11.5 Å². The van der Waals surface area contributed by atoms with Gasteiger partial charge in [0, 0.05) is 23.9 Å². The Labute approximate surface area is 127 Å². The standard InChI is InChI=1S/C17H16F2N2O/c1-2-9-21-16(12-8-7-11(18)10-14(12)19)20-15-6-4-3-5-13(15)17(21)22/h3-8,10,16,20H,2,9H2,1H3. The van der Waals surface area contributed by atoms with Crippen molar-refractivity contribution in [2.24, 2.45) is 0 Å². The summed E-state index contributed by atoms with van der Waals surface area (Å²) in [6, 6.07) is 10.6. The highest BCUT2D eigenvalue weighted by Crippen LogP contribution is 2.34. The van der Waals surface area contributed by atoms with Gasteiger partial charge in [0.1, 0.15) is 17.8 Å². The lowest BCUT2D eigenvalue weighted by Crippen LogP contribution is -2.43. The predicted molar refractivity (Wildman–Crippen MR) is 80.5 cm³/mol. The average molecular weight is 302 g/mol. The van der Waals surface area contributed by atoms with E-state index in [0.717, 1.165) is 12.5 Å². The van der Waals surface area contributed by atoms with E-state index in [9.17, 15) is 13.6 Å². The fourth-order valence-electron chi connectivity index (χ4n) is 2.73. The number of rotatable bonds is 3. The zero-order valence-electron chi connectivity index (χ0n) is 12.1. The molecule has 1 aliphatic rings. The van der Waals surface area contributed by atoms with Crippen LogP contribution in [-0.4, -0.2) is 17.4 Å². The number of carbonyl (C=O) groups is 1. The molecule has 0 spiro atoms. The molecular weight excluding hydrogens is 286 g/mol. The van der Waals surface area contributed by atoms with Crippen LogP contribution in [0.4, 0.5) is 14.5 Å². The quantitative estimate of drug-likeness (QED) is 0.931. The van der Waals surface area contributed by atoms with Gasteiger partial charge in [-0.3, -0.25) is 4.79 Å². The van der Waals surface area contributed by atoms with Gasteiger partial charge in [0.2, 0.25) is 0 Å². The predicted octanol–water partition coefficient (Wildman–Crippen LogP) is 3.94. The van der Waals surface area contributed by atoms with E-state index in [1.807, 2.05) is 13.0 Å². The molecule has 0 aliphatic carbocycles. The fraction of sp³-hybridized carbons (Fsp3) is 0.235. The van der Waals surface area contributed by atoms with Crippen LogP contribution in [0.25, 0.3) is 0 Å². The van der Waals surface area contributed by atoms with Gasteiger partial charge >= 0.3 is 0 Å². The molecular formula is C17H16F2N2O. The third-order valence-electron chi connectivity index (χ3n) is 3.74. The molecule has 2 aromatic rings. The molecule has 0 saturated heterocycles. The first kappa shape index (κ1) is 14.5. The molecule has 2 aromatic carbocycles. The average Bonchev–Trinajstić information content (AvgIpc) is 2.50. The summed E-state index contributed by atoms with van der Waals surface area (Å²) in [6.45, 7) is 2.44. The summed E-state index contributed by atoms with van der Waals surface area (Å²) in [6.07, 6.45) is 0.109. The molecule has 0 bridgehead atoms. The van der Waals surface area contributed by atoms with Crippen LogP contribution in [0.2, 0.25) is 0 Å². The minimum atomic E-state index is -0.661. The van der Waals surface area contributed by atoms with E-state index in [0.29, 0.717) is 17.8 Å². The summed E-state index contributed by atoms with van der Waals surface area (Å²) >= 11 is 0. The Hall–Kier alpha value is -2.43. The van der Waals surface area contributed by atoms with Crippen molar-refractivity contribution in [2.75, 3.05) is 11.9 Å². The Bertz CT molecular complexity index is 718. The molecule has 114 valence electrons. The maximum absolute atomic E-state index is 14.1. The van der Waals surface area contributed by atoms with E-state index < -0.39 is 17.8 Å². The Morgan fingerprint density at radius 2 is 1.95 bits per heavy atom. The molecule has 22 heavy (non-hydrogen) atoms. The van der Waals surface area contributed by atoms with Gasteiger partial charge in [0.25, 0.3) is 5.91 Å². The summed E-state index contributed by atoms with van der Waals surface area (Å²) in [4.78, 5) is 14.2. The van der Waals surface area contributed by atoms with Gasteiger partial charge in [0.15, 0.2) is 0 Å². The van der Waals surface area contributed by atoms with E-state index >= 15 is 0 Å². The van der Waals surface area contributed by atoms with Gasteiger partial charge in [-0.15, -0.1) is 0 Å². The zero-order chi connectivity index (χ0) is 15.7. The molecule has 3 rings (SSSR count). The summed E-state index contributed by atoms with van der Waals surface area (Å²) in [5.41, 5.74) is 1.49. The fourth-order valence-corrected chi connectivity index (χ4v) is 2.73. The first-order valence-electron chi connectivity index (χ1n) is 7.23. The highest BCUT2D eigenvalue weighted by molar-refractivity contribution is 6.01. The number of halogens is 2. The largest absolute Gasteiger partial charge is 0.361 e. The van der Waals surface area contributed by atoms with Crippen LogP contribution in [-0.2, 0) is 0 Å². The molecule has 1 N–H and O–H groups in total. The van der Waals surface area contributed by atoms with Crippen molar-refractivity contribution in [3.63, 3.8) is 0 Å². The molecule has 0 fully saturated rings. The van der Waals surface area contributed by atoms with Crippen LogP contribution in [0.3, 0.4) is 0 Å². The number of nitrogens with one attached hydrogen (secondary N) is 1. The Morgan fingerprint density at radius 3 is 2.68 bits per heavy atom. The highest BCUT2D eigenvalue weighted by Gasteiger charge is 2.33. The third-order valence-corrected chi connectivity index (χ3v) is 3.74. The molecule has 1 heterocycles. The zero-order valence-corrected chi connectivity index (χ0v) is 12.1. The molecule has 1 unspecified atom stereocenters. The number of carbonyl (C=O) groups excluding carboxylic acids is 1. The minimum Gasteiger partial charge on any atom is -0.361 e. The van der Waals surface area contributed by atoms with E-state index in [1.54, 1.807) is 23.1 Å². The highest BCUT2D eigenvalue weighted by atomic mass is 19.1. The third kappa shape index (κ3) is 2.43. The summed E-state index contributed by atoms with van der Waals surface area (Å²) < 4.78 is 27.3. The van der Waals surface area contributed by atoms with Gasteiger partial charge < -0.3 is 10.2 Å². The van der Waals surface area contributed by atoms with Crippen molar-refractivity contribution in [3.05, 3.63) is 65.2 Å². The van der Waals surface area contributed by atoms with E-state index in [2.05, 4.69) is 5.32 Å². The smallest absolute Gasteiger partial charge is 0.257 e.